The second-order valence-corrected chi connectivity index (χ2v) is 14.9. The Morgan fingerprint density at radius 3 is 1.77 bits per heavy atom. The molecule has 0 N–H and O–H groups in total. The van der Waals surface area contributed by atoms with Gasteiger partial charge in [-0.05, 0) is 119 Å². The number of fused-ring (bicyclic) bond motifs is 9. The first-order valence-corrected chi connectivity index (χ1v) is 18.3. The quantitative estimate of drug-likeness (QED) is 0.170. The Kier molecular flexibility index (Phi) is 6.08. The summed E-state index contributed by atoms with van der Waals surface area (Å²) in [6, 6.07) is 65.5. The van der Waals surface area contributed by atoms with Crippen molar-refractivity contribution in [1.29, 1.82) is 0 Å². The largest absolute Gasteiger partial charge is 0.310 e. The third kappa shape index (κ3) is 4.11. The SMILES string of the molecule is CC1(C)c2ccccc2-c2ccc(N(c3ccc(-c4ccc5ccc6ccccc6c5c4)cc3)c3ccc4c5c(cccc35)-c3ccccc3-4)cc21. The molecule has 0 saturated carbocycles. The van der Waals surface area contributed by atoms with Gasteiger partial charge in [-0.25, -0.2) is 0 Å². The van der Waals surface area contributed by atoms with Gasteiger partial charge in [-0.2, -0.15) is 0 Å². The van der Waals surface area contributed by atoms with Crippen LogP contribution >= 0.6 is 0 Å². The van der Waals surface area contributed by atoms with Gasteiger partial charge in [0.25, 0.3) is 0 Å². The second kappa shape index (κ2) is 10.8. The first-order chi connectivity index (χ1) is 25.5. The van der Waals surface area contributed by atoms with Crippen molar-refractivity contribution in [2.75, 3.05) is 4.90 Å². The normalized spacial score (nSPS) is 13.3. The molecule has 0 fully saturated rings. The predicted molar refractivity (Wildman–Crippen MR) is 221 cm³/mol. The van der Waals surface area contributed by atoms with Crippen molar-refractivity contribution in [2.45, 2.75) is 19.3 Å². The van der Waals surface area contributed by atoms with Crippen LogP contribution in [0.1, 0.15) is 25.0 Å². The Morgan fingerprint density at radius 2 is 0.942 bits per heavy atom. The number of rotatable bonds is 4. The number of nitrogens with zero attached hydrogens (tertiary/aromatic N) is 1. The Labute approximate surface area is 304 Å². The van der Waals surface area contributed by atoms with Crippen LogP contribution < -0.4 is 4.90 Å². The summed E-state index contributed by atoms with van der Waals surface area (Å²) in [6.07, 6.45) is 0. The van der Waals surface area contributed by atoms with Crippen LogP contribution in [-0.2, 0) is 5.41 Å². The van der Waals surface area contributed by atoms with Crippen LogP contribution in [-0.4, -0.2) is 0 Å². The molecule has 0 bridgehead atoms. The van der Waals surface area contributed by atoms with E-state index in [1.54, 1.807) is 0 Å². The molecule has 244 valence electrons. The lowest BCUT2D eigenvalue weighted by Gasteiger charge is -2.29. The van der Waals surface area contributed by atoms with Gasteiger partial charge in [0, 0.05) is 22.2 Å². The van der Waals surface area contributed by atoms with E-state index in [0.717, 1.165) is 5.69 Å². The van der Waals surface area contributed by atoms with Gasteiger partial charge in [-0.1, -0.05) is 153 Å². The summed E-state index contributed by atoms with van der Waals surface area (Å²) in [5.74, 6) is 0. The molecule has 1 heteroatoms. The molecule has 2 aliphatic carbocycles. The van der Waals surface area contributed by atoms with Crippen LogP contribution in [0.25, 0.3) is 76.8 Å². The van der Waals surface area contributed by atoms with Crippen LogP contribution in [0.3, 0.4) is 0 Å². The van der Waals surface area contributed by atoms with Crippen molar-refractivity contribution in [3.63, 3.8) is 0 Å². The third-order valence-corrected chi connectivity index (χ3v) is 11.8. The average Bonchev–Trinajstić information content (AvgIpc) is 3.65. The Balaban J connectivity index is 1.09. The molecular formula is C51H35N. The summed E-state index contributed by atoms with van der Waals surface area (Å²) in [7, 11) is 0. The third-order valence-electron chi connectivity index (χ3n) is 11.8. The molecule has 0 saturated heterocycles. The highest BCUT2D eigenvalue weighted by Gasteiger charge is 2.36. The van der Waals surface area contributed by atoms with E-state index in [2.05, 4.69) is 195 Å². The average molecular weight is 662 g/mol. The molecule has 0 amide bonds. The monoisotopic (exact) mass is 661 g/mol. The minimum atomic E-state index is -0.0959. The smallest absolute Gasteiger partial charge is 0.0540 e. The summed E-state index contributed by atoms with van der Waals surface area (Å²) in [5, 5.41) is 7.71. The van der Waals surface area contributed by atoms with Crippen molar-refractivity contribution < 1.29 is 0 Å². The van der Waals surface area contributed by atoms with E-state index in [0.29, 0.717) is 0 Å². The summed E-state index contributed by atoms with van der Waals surface area (Å²) >= 11 is 0. The van der Waals surface area contributed by atoms with Crippen LogP contribution in [0.5, 0.6) is 0 Å². The van der Waals surface area contributed by atoms with Gasteiger partial charge >= 0.3 is 0 Å². The van der Waals surface area contributed by atoms with Crippen LogP contribution in [0.2, 0.25) is 0 Å². The molecule has 11 rings (SSSR count). The van der Waals surface area contributed by atoms with Crippen LogP contribution in [0.4, 0.5) is 17.1 Å². The van der Waals surface area contributed by atoms with E-state index in [9.17, 15) is 0 Å². The molecule has 0 heterocycles. The van der Waals surface area contributed by atoms with Crippen LogP contribution in [0, 0.1) is 0 Å². The zero-order valence-electron chi connectivity index (χ0n) is 29.2. The minimum absolute atomic E-state index is 0.0959. The lowest BCUT2D eigenvalue weighted by atomic mass is 9.82. The molecule has 0 unspecified atom stereocenters. The maximum atomic E-state index is 2.48. The highest BCUT2D eigenvalue weighted by Crippen LogP contribution is 2.53. The Hall–Kier alpha value is -6.44. The fourth-order valence-corrected chi connectivity index (χ4v) is 9.23. The number of anilines is 3. The van der Waals surface area contributed by atoms with E-state index in [1.807, 2.05) is 0 Å². The van der Waals surface area contributed by atoms with Gasteiger partial charge in [-0.15, -0.1) is 0 Å². The van der Waals surface area contributed by atoms with E-state index < -0.39 is 0 Å². The zero-order valence-corrected chi connectivity index (χ0v) is 29.2. The molecule has 0 aromatic heterocycles. The minimum Gasteiger partial charge on any atom is -0.310 e. The maximum absolute atomic E-state index is 2.48. The molecule has 0 atom stereocenters. The van der Waals surface area contributed by atoms with Crippen LogP contribution in [0.15, 0.2) is 176 Å². The number of hydrogen-bond donors (Lipinski definition) is 0. The van der Waals surface area contributed by atoms with Gasteiger partial charge in [0.05, 0.1) is 5.69 Å². The van der Waals surface area contributed by atoms with Gasteiger partial charge in [0.1, 0.15) is 0 Å². The van der Waals surface area contributed by atoms with Crippen molar-refractivity contribution >= 4 is 49.4 Å². The zero-order chi connectivity index (χ0) is 34.6. The second-order valence-electron chi connectivity index (χ2n) is 14.9. The van der Waals surface area contributed by atoms with Gasteiger partial charge in [-0.3, -0.25) is 0 Å². The first kappa shape index (κ1) is 29.3. The fraction of sp³-hybridized carbons (Fsp3) is 0.0588. The van der Waals surface area contributed by atoms with Gasteiger partial charge in [0.2, 0.25) is 0 Å². The van der Waals surface area contributed by atoms with E-state index in [1.165, 1.54) is 99.3 Å². The van der Waals surface area contributed by atoms with Crippen molar-refractivity contribution in [2.24, 2.45) is 0 Å². The lowest BCUT2D eigenvalue weighted by molar-refractivity contribution is 0.660. The molecule has 52 heavy (non-hydrogen) atoms. The number of hydrogen-bond acceptors (Lipinski definition) is 1. The molecule has 0 radical (unpaired) electrons. The molecule has 1 nitrogen and oxygen atoms in total. The molecular weight excluding hydrogens is 627 g/mol. The van der Waals surface area contributed by atoms with Gasteiger partial charge < -0.3 is 4.90 Å². The highest BCUT2D eigenvalue weighted by atomic mass is 15.1. The topological polar surface area (TPSA) is 3.24 Å². The van der Waals surface area contributed by atoms with E-state index in [-0.39, 0.29) is 5.41 Å². The Morgan fingerprint density at radius 1 is 0.365 bits per heavy atom. The molecule has 9 aromatic rings. The molecule has 0 aliphatic heterocycles. The first-order valence-electron chi connectivity index (χ1n) is 18.3. The molecule has 2 aliphatic rings. The van der Waals surface area contributed by atoms with E-state index >= 15 is 0 Å². The van der Waals surface area contributed by atoms with E-state index in [4.69, 9.17) is 0 Å². The predicted octanol–water partition coefficient (Wildman–Crippen LogP) is 14.2. The fourth-order valence-electron chi connectivity index (χ4n) is 9.23. The lowest BCUT2D eigenvalue weighted by Crippen LogP contribution is -2.16. The number of benzene rings is 9. The summed E-state index contributed by atoms with van der Waals surface area (Å²) in [6.45, 7) is 4.73. The Bertz CT molecular complexity index is 2900. The maximum Gasteiger partial charge on any atom is 0.0540 e. The van der Waals surface area contributed by atoms with Crippen molar-refractivity contribution in [3.8, 4) is 44.5 Å². The highest BCUT2D eigenvalue weighted by molar-refractivity contribution is 6.19. The molecule has 0 spiro atoms. The van der Waals surface area contributed by atoms with Crippen molar-refractivity contribution in [1.82, 2.24) is 0 Å². The summed E-state index contributed by atoms with van der Waals surface area (Å²) in [5.41, 5.74) is 16.5. The molecule has 9 aromatic carbocycles. The summed E-state index contributed by atoms with van der Waals surface area (Å²) in [4.78, 5) is 2.48. The van der Waals surface area contributed by atoms with Gasteiger partial charge in [0.15, 0.2) is 0 Å². The summed E-state index contributed by atoms with van der Waals surface area (Å²) < 4.78 is 0. The standard InChI is InChI=1S/C51H35N/c1-51(2)47-17-8-7-14-41(47)42-27-26-37(31-48(42)51)52(49-29-28-44-40-13-6-5-12-39(40)43-15-9-16-45(49)50(43)44)36-24-22-32(23-25-36)35-21-20-34-19-18-33-10-3-4-11-38(33)46(34)30-35/h3-31H,1-2H3. The van der Waals surface area contributed by atoms with Crippen molar-refractivity contribution in [3.05, 3.63) is 187 Å².